The van der Waals surface area contributed by atoms with E-state index in [1.165, 1.54) is 6.08 Å². The van der Waals surface area contributed by atoms with Gasteiger partial charge >= 0.3 is 6.09 Å². The SMILES string of the molecule is CC(C)(C)OC(=O)N1CCC[C@H]1/C=C(\F)Br. The maximum atomic E-state index is 12.7. The molecule has 0 N–H and O–H groups in total. The van der Waals surface area contributed by atoms with Gasteiger partial charge in [-0.25, -0.2) is 4.79 Å². The van der Waals surface area contributed by atoms with Crippen molar-refractivity contribution in [2.45, 2.75) is 45.3 Å². The van der Waals surface area contributed by atoms with Crippen molar-refractivity contribution in [3.8, 4) is 0 Å². The summed E-state index contributed by atoms with van der Waals surface area (Å²) in [7, 11) is 0. The van der Waals surface area contributed by atoms with Gasteiger partial charge in [-0.3, -0.25) is 0 Å². The number of nitrogens with zero attached hydrogens (tertiary/aromatic N) is 1. The number of halogens is 2. The third kappa shape index (κ3) is 4.12. The van der Waals surface area contributed by atoms with Crippen LogP contribution in [0.15, 0.2) is 10.8 Å². The van der Waals surface area contributed by atoms with Crippen molar-refractivity contribution >= 4 is 22.0 Å². The summed E-state index contributed by atoms with van der Waals surface area (Å²) < 4.78 is 17.5. The van der Waals surface area contributed by atoms with Gasteiger partial charge in [0.1, 0.15) is 5.60 Å². The summed E-state index contributed by atoms with van der Waals surface area (Å²) in [6.07, 6.45) is 2.68. The number of hydrogen-bond acceptors (Lipinski definition) is 2. The summed E-state index contributed by atoms with van der Waals surface area (Å²) >= 11 is 2.74. The van der Waals surface area contributed by atoms with Gasteiger partial charge in [-0.1, -0.05) is 0 Å². The largest absolute Gasteiger partial charge is 0.444 e. The molecule has 1 saturated heterocycles. The fourth-order valence-electron chi connectivity index (χ4n) is 1.66. The molecule has 1 aliphatic heterocycles. The average molecular weight is 294 g/mol. The summed E-state index contributed by atoms with van der Waals surface area (Å²) in [6, 6.07) is -0.200. The van der Waals surface area contributed by atoms with E-state index in [2.05, 4.69) is 15.9 Å². The monoisotopic (exact) mass is 293 g/mol. The lowest BCUT2D eigenvalue weighted by Crippen LogP contribution is -2.39. The molecule has 0 aliphatic carbocycles. The minimum atomic E-state index is -0.513. The second-order valence-corrected chi connectivity index (χ2v) is 5.60. The number of amides is 1. The summed E-state index contributed by atoms with van der Waals surface area (Å²) in [5.74, 6) is 0. The molecule has 5 heteroatoms. The molecule has 1 rings (SSSR count). The van der Waals surface area contributed by atoms with Gasteiger partial charge in [0, 0.05) is 6.54 Å². The van der Waals surface area contributed by atoms with Crippen molar-refractivity contribution in [1.82, 2.24) is 4.90 Å². The molecule has 3 nitrogen and oxygen atoms in total. The van der Waals surface area contributed by atoms with Crippen LogP contribution in [0.25, 0.3) is 0 Å². The number of rotatable bonds is 1. The van der Waals surface area contributed by atoms with E-state index in [1.807, 2.05) is 20.8 Å². The van der Waals surface area contributed by atoms with Gasteiger partial charge in [0.25, 0.3) is 0 Å². The number of carbonyl (C=O) groups excluding carboxylic acids is 1. The number of carbonyl (C=O) groups is 1. The van der Waals surface area contributed by atoms with Crippen molar-refractivity contribution in [2.24, 2.45) is 0 Å². The van der Waals surface area contributed by atoms with Gasteiger partial charge in [-0.15, -0.1) is 0 Å². The minimum absolute atomic E-state index is 0.200. The normalized spacial score (nSPS) is 22.4. The standard InChI is InChI=1S/C11H17BrFNO2/c1-11(2,3)16-10(15)14-6-4-5-8(14)7-9(12)13/h7-8H,4-6H2,1-3H3/b9-7-/t8-/m0/s1. The lowest BCUT2D eigenvalue weighted by atomic mass is 10.2. The van der Waals surface area contributed by atoms with Gasteiger partial charge in [0.05, 0.1) is 6.04 Å². The predicted molar refractivity (Wildman–Crippen MR) is 64.1 cm³/mol. The summed E-state index contributed by atoms with van der Waals surface area (Å²) in [5, 5.41) is 0. The molecule has 92 valence electrons. The highest BCUT2D eigenvalue weighted by Gasteiger charge is 2.31. The molecule has 1 amide bonds. The van der Waals surface area contributed by atoms with Crippen LogP contribution in [0.1, 0.15) is 33.6 Å². The van der Waals surface area contributed by atoms with E-state index in [0.29, 0.717) is 6.54 Å². The van der Waals surface area contributed by atoms with Crippen molar-refractivity contribution in [2.75, 3.05) is 6.54 Å². The first-order chi connectivity index (χ1) is 7.29. The molecule has 1 heterocycles. The van der Waals surface area contributed by atoms with E-state index in [9.17, 15) is 9.18 Å². The Morgan fingerprint density at radius 3 is 2.69 bits per heavy atom. The Balaban J connectivity index is 2.65. The lowest BCUT2D eigenvalue weighted by molar-refractivity contribution is 0.0255. The Morgan fingerprint density at radius 2 is 2.19 bits per heavy atom. The molecule has 0 aromatic heterocycles. The molecule has 0 aromatic carbocycles. The molecule has 1 fully saturated rings. The topological polar surface area (TPSA) is 29.5 Å². The van der Waals surface area contributed by atoms with Crippen LogP contribution < -0.4 is 0 Å². The summed E-state index contributed by atoms with van der Waals surface area (Å²) in [6.45, 7) is 6.07. The minimum Gasteiger partial charge on any atom is -0.444 e. The van der Waals surface area contributed by atoms with E-state index >= 15 is 0 Å². The van der Waals surface area contributed by atoms with Crippen LogP contribution in [0.5, 0.6) is 0 Å². The van der Waals surface area contributed by atoms with Crippen LogP contribution in [-0.4, -0.2) is 29.2 Å². The highest BCUT2D eigenvalue weighted by Crippen LogP contribution is 2.23. The van der Waals surface area contributed by atoms with Crippen molar-refractivity contribution in [1.29, 1.82) is 0 Å². The average Bonchev–Trinajstić information content (AvgIpc) is 2.47. The van der Waals surface area contributed by atoms with E-state index < -0.39 is 10.3 Å². The molecule has 1 aliphatic rings. The molecular weight excluding hydrogens is 277 g/mol. The Labute approximate surface area is 104 Å². The van der Waals surface area contributed by atoms with Gasteiger partial charge in [-0.05, 0) is 55.6 Å². The quantitative estimate of drug-likeness (QED) is 0.739. The number of hydrogen-bond donors (Lipinski definition) is 0. The number of ether oxygens (including phenoxy) is 1. The van der Waals surface area contributed by atoms with Gasteiger partial charge in [0.15, 0.2) is 4.74 Å². The molecule has 0 aromatic rings. The Kier molecular flexibility index (Phi) is 4.35. The maximum Gasteiger partial charge on any atom is 0.410 e. The smallest absolute Gasteiger partial charge is 0.410 e. The third-order valence-corrected chi connectivity index (χ3v) is 2.51. The number of likely N-dealkylation sites (tertiary alicyclic amines) is 1. The molecule has 1 atom stereocenters. The Hall–Kier alpha value is -0.580. The van der Waals surface area contributed by atoms with Crippen LogP contribution in [0.2, 0.25) is 0 Å². The zero-order chi connectivity index (χ0) is 12.3. The highest BCUT2D eigenvalue weighted by atomic mass is 79.9. The molecule has 16 heavy (non-hydrogen) atoms. The van der Waals surface area contributed by atoms with Crippen molar-refractivity contribution in [3.05, 3.63) is 10.8 Å². The van der Waals surface area contributed by atoms with Crippen LogP contribution in [0, 0.1) is 0 Å². The zero-order valence-electron chi connectivity index (χ0n) is 9.80. The van der Waals surface area contributed by atoms with E-state index in [-0.39, 0.29) is 12.1 Å². The Morgan fingerprint density at radius 1 is 1.56 bits per heavy atom. The fraction of sp³-hybridized carbons (Fsp3) is 0.727. The second kappa shape index (κ2) is 5.17. The molecule has 0 saturated carbocycles. The molecule has 0 bridgehead atoms. The maximum absolute atomic E-state index is 12.7. The van der Waals surface area contributed by atoms with E-state index in [1.54, 1.807) is 4.90 Å². The molecule has 0 radical (unpaired) electrons. The van der Waals surface area contributed by atoms with Gasteiger partial charge < -0.3 is 9.64 Å². The molecular formula is C11H17BrFNO2. The summed E-state index contributed by atoms with van der Waals surface area (Å²) in [5.41, 5.74) is -0.513. The van der Waals surface area contributed by atoms with Crippen LogP contribution >= 0.6 is 15.9 Å². The van der Waals surface area contributed by atoms with Crippen molar-refractivity contribution < 1.29 is 13.9 Å². The molecule has 0 unspecified atom stereocenters. The van der Waals surface area contributed by atoms with E-state index in [0.717, 1.165) is 12.8 Å². The van der Waals surface area contributed by atoms with Crippen LogP contribution in [0.4, 0.5) is 9.18 Å². The lowest BCUT2D eigenvalue weighted by Gasteiger charge is -2.27. The van der Waals surface area contributed by atoms with Crippen LogP contribution in [0.3, 0.4) is 0 Å². The first-order valence-electron chi connectivity index (χ1n) is 5.32. The second-order valence-electron chi connectivity index (χ2n) is 4.84. The first kappa shape index (κ1) is 13.5. The van der Waals surface area contributed by atoms with Gasteiger partial charge in [-0.2, -0.15) is 4.39 Å². The van der Waals surface area contributed by atoms with Crippen LogP contribution in [-0.2, 0) is 4.74 Å². The fourth-order valence-corrected chi connectivity index (χ4v) is 1.96. The highest BCUT2D eigenvalue weighted by molar-refractivity contribution is 9.11. The van der Waals surface area contributed by atoms with Gasteiger partial charge in [0.2, 0.25) is 0 Å². The predicted octanol–water partition coefficient (Wildman–Crippen LogP) is 3.59. The van der Waals surface area contributed by atoms with E-state index in [4.69, 9.17) is 4.74 Å². The van der Waals surface area contributed by atoms with Crippen molar-refractivity contribution in [3.63, 3.8) is 0 Å². The zero-order valence-corrected chi connectivity index (χ0v) is 11.4. The summed E-state index contributed by atoms with van der Waals surface area (Å²) in [4.78, 5) is 13.4. The first-order valence-corrected chi connectivity index (χ1v) is 6.11. The Bertz CT molecular complexity index is 295. The molecule has 0 spiro atoms. The third-order valence-electron chi connectivity index (χ3n) is 2.25.